The standard InChI is InChI=1S/C42H70O56S7.7K/c43-15-22(50)36-85-8(1-78-99(57,58)59)29(15)92-37-23(51)16(44)31(10(86-37)3-80-101(63,64)65)94-39-25(53)18(46)33(12(88-39)5-82-103(69,70)71)96-41-27(55)20(48)35(14(90-41)7-84-105(75,76)77)98-42-28(56)21(49)34(13(91-42)6-83-104(72,73)74)97-40-26(54)19(47)32(11(89-40)4-81-102(66,67)68)95-38-24(52)17(45)30(93-36)9(87-38)2-79-100(60,61)62;;;;;;;/h8-56H,1-7H2,(H,57,58,59)(H,60,61,62)(H,63,64,65)(H,66,67,68)(H,69,70,71)(H,72,73,74)(H,75,76,77);;;;;;;/q;7*+1/p-7/t8-,9-,10-,11-,12-,13-,14-,15-,16-,17-,18-,19-,20-,21-,22-,23-,24-,25-,26-,27-,28-,29-,30-,31-,32-,33-,34-,35-,36-,37-,38-,39-,40-,41-,42-;;;;;;;/m1......./s1. The summed E-state index contributed by atoms with van der Waals surface area (Å²) in [6, 6.07) is 0. The van der Waals surface area contributed by atoms with Crippen molar-refractivity contribution in [2.45, 2.75) is 215 Å². The van der Waals surface area contributed by atoms with Crippen molar-refractivity contribution in [1.29, 1.82) is 0 Å². The van der Waals surface area contributed by atoms with Crippen LogP contribution in [0.1, 0.15) is 0 Å². The van der Waals surface area contributed by atoms with Gasteiger partial charge in [0, 0.05) is 0 Å². The van der Waals surface area contributed by atoms with Gasteiger partial charge in [-0.05, 0) is 0 Å². The van der Waals surface area contributed by atoms with E-state index in [0.717, 1.165) is 0 Å². The smallest absolute Gasteiger partial charge is 0.726 e. The second-order valence-electron chi connectivity index (χ2n) is 23.2. The van der Waals surface area contributed by atoms with Crippen LogP contribution in [0.5, 0.6) is 0 Å². The quantitative estimate of drug-likeness (QED) is 0.0288. The van der Waals surface area contributed by atoms with Gasteiger partial charge >= 0.3 is 360 Å². The SMILES string of the molecule is O=S(=O)([O-])OC[C@H]1O[C@@H]2O[C@H]3[C@H](O)[C@@H](O)[C@@H](O[C@H]4[C@H](O)[C@@H](O)[C@@H](O[C@H]5[C@H](O)[C@@H](O)[C@@H](O[C@H]6[C@H](O)[C@@H](O)[C@@H](O[C@H]7[C@H](O)[C@@H](O)[C@@H](O[C@H]8[C@H](O)[C@@H](O)[C@@H](O[C@H]1[C@H](O)[C@H]2O)O[C@@H]8COS(=O)(=O)[O-])O[C@@H]7COS(=O)(=O)[O-])O[C@@H]6COS(=O)(=O)[O-])O[C@@H]5COS(=O)(=O)[O-])O[C@@H]4COS(=O)(=O)[O-])O[C@@H]3COS(=O)(=O)[O-].[K+].[K+].[K+].[K+].[K+].[K+].[K+]. The van der Waals surface area contributed by atoms with Gasteiger partial charge in [0.1, 0.15) is 171 Å². The van der Waals surface area contributed by atoms with Crippen LogP contribution < -0.4 is 360 Å². The van der Waals surface area contributed by atoms with Crippen molar-refractivity contribution in [2.24, 2.45) is 0 Å². The van der Waals surface area contributed by atoms with E-state index in [1.54, 1.807) is 0 Å². The van der Waals surface area contributed by atoms with E-state index in [4.69, 9.17) is 66.3 Å². The Morgan fingerprint density at radius 1 is 0.179 bits per heavy atom. The molecule has 14 N–H and O–H groups in total. The van der Waals surface area contributed by atoms with E-state index in [0.29, 0.717) is 0 Å². The molecule has 0 unspecified atom stereocenters. The summed E-state index contributed by atoms with van der Waals surface area (Å²) in [7, 11) is -41.6. The molecule has 56 nitrogen and oxygen atoms in total. The van der Waals surface area contributed by atoms with Gasteiger partial charge in [0.05, 0.1) is 46.2 Å². The van der Waals surface area contributed by atoms with E-state index in [9.17, 15) is 162 Å². The van der Waals surface area contributed by atoms with E-state index in [2.05, 4.69) is 29.3 Å². The van der Waals surface area contributed by atoms with Crippen molar-refractivity contribution in [3.05, 3.63) is 0 Å². The zero-order chi connectivity index (χ0) is 78.5. The second-order valence-corrected chi connectivity index (χ2v) is 30.6. The molecule has 35 atom stereocenters. The predicted octanol–water partition coefficient (Wildman–Crippen LogP) is -39.8. The Hall–Kier alpha value is 9.42. The Kier molecular flexibility index (Phi) is 53.8. The Morgan fingerprint density at radius 2 is 0.268 bits per heavy atom. The number of hydrogen-bond acceptors (Lipinski definition) is 56. The van der Waals surface area contributed by atoms with Crippen LogP contribution in [0, 0.1) is 0 Å². The molecule has 0 radical (unpaired) electrons. The molecule has 21 aliphatic rings. The predicted molar refractivity (Wildman–Crippen MR) is 288 cm³/mol. The molecule has 112 heavy (non-hydrogen) atoms. The minimum Gasteiger partial charge on any atom is -0.726 e. The van der Waals surface area contributed by atoms with Crippen molar-refractivity contribution < 1.29 is 618 Å². The normalized spacial score (nSPS) is 42.1. The molecule has 70 heteroatoms. The van der Waals surface area contributed by atoms with Gasteiger partial charge in [0.2, 0.25) is 72.8 Å². The van der Waals surface area contributed by atoms with Gasteiger partial charge in [0.15, 0.2) is 44.0 Å². The summed E-state index contributed by atoms with van der Waals surface area (Å²) >= 11 is 0. The molecule has 14 bridgehead atoms. The van der Waals surface area contributed by atoms with E-state index >= 15 is 0 Å². The first-order valence-corrected chi connectivity index (χ1v) is 38.4. The van der Waals surface area contributed by atoms with E-state index in [1.807, 2.05) is 0 Å². The average molecular weight is 1960 g/mol. The molecule has 21 aliphatic heterocycles. The van der Waals surface area contributed by atoms with Gasteiger partial charge in [-0.2, -0.15) is 0 Å². The number of hydrogen-bond donors (Lipinski definition) is 14. The summed E-state index contributed by atoms with van der Waals surface area (Å²) in [5.41, 5.74) is 0. The molecule has 0 aromatic carbocycles. The van der Waals surface area contributed by atoms with Crippen LogP contribution in [-0.4, -0.2) is 423 Å². The first-order chi connectivity index (χ1) is 48.2. The zero-order valence-corrected chi connectivity index (χ0v) is 86.0. The summed E-state index contributed by atoms with van der Waals surface area (Å²) in [6.45, 7) is -12.2. The molecule has 0 saturated carbocycles. The first kappa shape index (κ1) is 119. The first-order valence-electron chi connectivity index (χ1n) is 29.1. The maximum atomic E-state index is 11.8. The largest absolute Gasteiger partial charge is 1.00 e. The Labute approximate surface area is 931 Å². The van der Waals surface area contributed by atoms with Crippen LogP contribution in [-0.2, 0) is 168 Å². The van der Waals surface area contributed by atoms with Crippen LogP contribution in [0.15, 0.2) is 0 Å². The molecular weight excluding hydrogens is 1900 g/mol. The topological polar surface area (TPSA) is 877 Å². The third kappa shape index (κ3) is 34.8. The Balaban J connectivity index is 0.00000896. The average Bonchev–Trinajstić information content (AvgIpc) is 0.778. The molecule has 0 amide bonds. The zero-order valence-electron chi connectivity index (χ0n) is 58.4. The monoisotopic (exact) mass is 1960 g/mol. The minimum absolute atomic E-state index is 0. The van der Waals surface area contributed by atoms with Crippen molar-refractivity contribution in [1.82, 2.24) is 0 Å². The summed E-state index contributed by atoms with van der Waals surface area (Å²) < 4.78 is 355. The molecule has 0 spiro atoms. The molecule has 0 aliphatic carbocycles. The minimum atomic E-state index is -5.94. The molecule has 21 fully saturated rings. The molecule has 0 aromatic rings. The van der Waals surface area contributed by atoms with Gasteiger partial charge in [-0.3, -0.25) is 29.3 Å². The number of aliphatic hydroxyl groups is 14. The molecule has 0 aromatic heterocycles. The van der Waals surface area contributed by atoms with Crippen LogP contribution in [0.2, 0.25) is 0 Å². The third-order valence-electron chi connectivity index (χ3n) is 16.2. The van der Waals surface area contributed by atoms with E-state index in [-0.39, 0.29) is 360 Å². The number of rotatable bonds is 21. The van der Waals surface area contributed by atoms with Crippen LogP contribution >= 0.6 is 0 Å². The van der Waals surface area contributed by atoms with Crippen molar-refractivity contribution in [3.63, 3.8) is 0 Å². The van der Waals surface area contributed by atoms with E-state index < -0.39 is 334 Å². The van der Waals surface area contributed by atoms with Gasteiger partial charge in [-0.1, -0.05) is 0 Å². The van der Waals surface area contributed by atoms with Gasteiger partial charge < -0.3 is 170 Å². The third-order valence-corrected chi connectivity index (χ3v) is 19.1. The van der Waals surface area contributed by atoms with Crippen LogP contribution in [0.4, 0.5) is 0 Å². The van der Waals surface area contributed by atoms with Crippen LogP contribution in [0.25, 0.3) is 0 Å². The Morgan fingerprint density at radius 3 is 0.348 bits per heavy atom. The van der Waals surface area contributed by atoms with Gasteiger partial charge in [-0.15, -0.1) is 0 Å². The maximum Gasteiger partial charge on any atom is 1.00 e. The summed E-state index contributed by atoms with van der Waals surface area (Å²) in [4.78, 5) is 0. The fraction of sp³-hybridized carbons (Fsp3) is 1.00. The van der Waals surface area contributed by atoms with Crippen molar-refractivity contribution >= 4 is 72.8 Å². The molecule has 21 saturated heterocycles. The van der Waals surface area contributed by atoms with Crippen molar-refractivity contribution in [3.8, 4) is 0 Å². The molecule has 616 valence electrons. The number of ether oxygens (including phenoxy) is 14. The number of aliphatic hydroxyl groups excluding tert-OH is 14. The molecule has 21 rings (SSSR count). The van der Waals surface area contributed by atoms with Crippen LogP contribution in [0.3, 0.4) is 0 Å². The molecule has 21 heterocycles. The second kappa shape index (κ2) is 50.5. The van der Waals surface area contributed by atoms with Crippen molar-refractivity contribution in [2.75, 3.05) is 46.2 Å². The Bertz CT molecular complexity index is 3080. The maximum absolute atomic E-state index is 11.8. The summed E-state index contributed by atoms with van der Waals surface area (Å²) in [6.07, 6.45) is -95.2. The van der Waals surface area contributed by atoms with E-state index in [1.165, 1.54) is 0 Å². The fourth-order valence-electron chi connectivity index (χ4n) is 11.4. The van der Waals surface area contributed by atoms with Gasteiger partial charge in [0.25, 0.3) is 0 Å². The van der Waals surface area contributed by atoms with Gasteiger partial charge in [-0.25, -0.2) is 58.9 Å². The summed E-state index contributed by atoms with van der Waals surface area (Å²) in [5, 5.41) is 162. The fourth-order valence-corrected chi connectivity index (χ4v) is 13.5. The molecular formula is C42H63K7O56S7. The summed E-state index contributed by atoms with van der Waals surface area (Å²) in [5.74, 6) is 0.